The number of nitrogens with zero attached hydrogens (tertiary/aromatic N) is 4. The summed E-state index contributed by atoms with van der Waals surface area (Å²) in [5.74, 6) is 2.13. The zero-order valence-electron chi connectivity index (χ0n) is 18.3. The summed E-state index contributed by atoms with van der Waals surface area (Å²) in [5, 5.41) is 18.5. The second-order valence-electron chi connectivity index (χ2n) is 6.80. The van der Waals surface area contributed by atoms with Gasteiger partial charge in [-0.15, -0.1) is 10.2 Å². The smallest absolute Gasteiger partial charge is 0.255 e. The monoisotopic (exact) mass is 446 g/mol. The van der Waals surface area contributed by atoms with Crippen LogP contribution in [-0.2, 0) is 0 Å². The van der Waals surface area contributed by atoms with Crippen LogP contribution in [0.3, 0.4) is 0 Å². The van der Waals surface area contributed by atoms with Crippen molar-refractivity contribution in [3.8, 4) is 23.1 Å². The topological polar surface area (TPSA) is 112 Å². The highest BCUT2D eigenvalue weighted by atomic mass is 16.5. The number of aromatic nitrogens is 4. The number of anilines is 3. The second kappa shape index (κ2) is 9.69. The minimum Gasteiger partial charge on any atom is -0.493 e. The Kier molecular flexibility index (Phi) is 6.35. The minimum atomic E-state index is -0.310. The average Bonchev–Trinajstić information content (AvgIpc) is 3.39. The van der Waals surface area contributed by atoms with E-state index in [1.165, 1.54) is 21.3 Å². The molecule has 0 saturated heterocycles. The second-order valence-corrected chi connectivity index (χ2v) is 6.80. The largest absolute Gasteiger partial charge is 0.493 e. The van der Waals surface area contributed by atoms with Crippen molar-refractivity contribution < 1.29 is 19.0 Å². The van der Waals surface area contributed by atoms with Gasteiger partial charge >= 0.3 is 0 Å². The molecule has 2 N–H and O–H groups in total. The molecular weight excluding hydrogens is 424 g/mol. The SMILES string of the molecule is COc1cc(C(=O)Nc2ccc(Nc3ccc(-n4cccn4)nn3)cc2)cc(OC)c1OC. The van der Waals surface area contributed by atoms with Gasteiger partial charge in [-0.3, -0.25) is 4.79 Å². The lowest BCUT2D eigenvalue weighted by atomic mass is 10.1. The molecular formula is C23H22N6O4. The summed E-state index contributed by atoms with van der Waals surface area (Å²) < 4.78 is 17.5. The number of ether oxygens (including phenoxy) is 3. The molecule has 0 saturated carbocycles. The molecule has 0 fully saturated rings. The molecule has 2 heterocycles. The van der Waals surface area contributed by atoms with E-state index in [1.807, 2.05) is 30.3 Å². The first-order valence-electron chi connectivity index (χ1n) is 9.93. The van der Waals surface area contributed by atoms with E-state index in [-0.39, 0.29) is 5.91 Å². The Hall–Kier alpha value is -4.60. The van der Waals surface area contributed by atoms with Crippen LogP contribution >= 0.6 is 0 Å². The van der Waals surface area contributed by atoms with E-state index >= 15 is 0 Å². The quantitative estimate of drug-likeness (QED) is 0.422. The fourth-order valence-corrected chi connectivity index (χ4v) is 3.12. The van der Waals surface area contributed by atoms with Gasteiger partial charge < -0.3 is 24.8 Å². The zero-order valence-corrected chi connectivity index (χ0v) is 18.3. The molecule has 0 atom stereocenters. The maximum absolute atomic E-state index is 12.8. The first-order valence-corrected chi connectivity index (χ1v) is 9.93. The van der Waals surface area contributed by atoms with Crippen molar-refractivity contribution in [3.63, 3.8) is 0 Å². The van der Waals surface area contributed by atoms with Gasteiger partial charge in [0, 0.05) is 29.3 Å². The van der Waals surface area contributed by atoms with Crippen LogP contribution in [-0.4, -0.2) is 47.2 Å². The number of carbonyl (C=O) groups is 1. The van der Waals surface area contributed by atoms with Gasteiger partial charge in [0.15, 0.2) is 23.1 Å². The van der Waals surface area contributed by atoms with Crippen LogP contribution in [0, 0.1) is 0 Å². The summed E-state index contributed by atoms with van der Waals surface area (Å²) in [6.45, 7) is 0. The Morgan fingerprint density at radius 2 is 1.58 bits per heavy atom. The number of amides is 1. The minimum absolute atomic E-state index is 0.310. The number of methoxy groups -OCH3 is 3. The van der Waals surface area contributed by atoms with Gasteiger partial charge in [0.2, 0.25) is 5.75 Å². The van der Waals surface area contributed by atoms with E-state index in [0.29, 0.717) is 40.1 Å². The highest BCUT2D eigenvalue weighted by Crippen LogP contribution is 2.38. The Labute approximate surface area is 190 Å². The van der Waals surface area contributed by atoms with Crippen LogP contribution in [0.1, 0.15) is 10.4 Å². The molecule has 0 aliphatic heterocycles. The van der Waals surface area contributed by atoms with E-state index in [9.17, 15) is 4.79 Å². The van der Waals surface area contributed by atoms with Crippen LogP contribution in [0.2, 0.25) is 0 Å². The lowest BCUT2D eigenvalue weighted by Crippen LogP contribution is -2.12. The maximum Gasteiger partial charge on any atom is 0.255 e. The van der Waals surface area contributed by atoms with Crippen molar-refractivity contribution in [1.29, 1.82) is 0 Å². The Morgan fingerprint density at radius 3 is 2.12 bits per heavy atom. The van der Waals surface area contributed by atoms with Gasteiger partial charge in [-0.25, -0.2) is 4.68 Å². The standard InChI is InChI=1S/C23H22N6O4/c1-31-18-13-15(14-19(32-2)22(18)33-3)23(30)26-17-7-5-16(6-8-17)25-20-9-10-21(28-27-20)29-12-4-11-24-29/h4-14H,1-3H3,(H,25,27)(H,26,30). The van der Waals surface area contributed by atoms with Crippen LogP contribution in [0.4, 0.5) is 17.2 Å². The van der Waals surface area contributed by atoms with Crippen molar-refractivity contribution in [1.82, 2.24) is 20.0 Å². The molecule has 0 radical (unpaired) electrons. The number of hydrogen-bond donors (Lipinski definition) is 2. The highest BCUT2D eigenvalue weighted by molar-refractivity contribution is 6.05. The van der Waals surface area contributed by atoms with E-state index < -0.39 is 0 Å². The van der Waals surface area contributed by atoms with Crippen molar-refractivity contribution in [2.24, 2.45) is 0 Å². The lowest BCUT2D eigenvalue weighted by molar-refractivity contribution is 0.102. The first kappa shape index (κ1) is 21.6. The van der Waals surface area contributed by atoms with E-state index in [4.69, 9.17) is 14.2 Å². The Balaban J connectivity index is 1.43. The molecule has 10 heteroatoms. The van der Waals surface area contributed by atoms with Gasteiger partial charge in [0.1, 0.15) is 0 Å². The average molecular weight is 446 g/mol. The molecule has 33 heavy (non-hydrogen) atoms. The Morgan fingerprint density at radius 1 is 0.879 bits per heavy atom. The van der Waals surface area contributed by atoms with Crippen LogP contribution in [0.5, 0.6) is 17.2 Å². The summed E-state index contributed by atoms with van der Waals surface area (Å²) >= 11 is 0. The molecule has 10 nitrogen and oxygen atoms in total. The van der Waals surface area contributed by atoms with Crippen LogP contribution in [0.25, 0.3) is 5.82 Å². The fourth-order valence-electron chi connectivity index (χ4n) is 3.12. The maximum atomic E-state index is 12.8. The molecule has 0 aliphatic rings. The fraction of sp³-hybridized carbons (Fsp3) is 0.130. The summed E-state index contributed by atoms with van der Waals surface area (Å²) in [5.41, 5.74) is 1.79. The number of carbonyl (C=O) groups excluding carboxylic acids is 1. The van der Waals surface area contributed by atoms with E-state index in [0.717, 1.165) is 5.69 Å². The zero-order chi connectivity index (χ0) is 23.2. The predicted octanol–water partition coefficient (Wildman–Crippen LogP) is 3.68. The molecule has 4 aromatic rings. The highest BCUT2D eigenvalue weighted by Gasteiger charge is 2.17. The van der Waals surface area contributed by atoms with Gasteiger partial charge in [0.25, 0.3) is 5.91 Å². The number of benzene rings is 2. The number of nitrogens with one attached hydrogen (secondary N) is 2. The number of hydrogen-bond acceptors (Lipinski definition) is 8. The summed E-state index contributed by atoms with van der Waals surface area (Å²) in [6.07, 6.45) is 3.47. The van der Waals surface area contributed by atoms with Crippen molar-refractivity contribution >= 4 is 23.1 Å². The van der Waals surface area contributed by atoms with E-state index in [1.54, 1.807) is 41.3 Å². The molecule has 2 aromatic carbocycles. The van der Waals surface area contributed by atoms with Gasteiger partial charge in [-0.2, -0.15) is 5.10 Å². The van der Waals surface area contributed by atoms with E-state index in [2.05, 4.69) is 25.9 Å². The third kappa shape index (κ3) is 4.85. The lowest BCUT2D eigenvalue weighted by Gasteiger charge is -2.14. The first-order chi connectivity index (χ1) is 16.1. The normalized spacial score (nSPS) is 10.4. The van der Waals surface area contributed by atoms with Gasteiger partial charge in [-0.1, -0.05) is 0 Å². The molecule has 0 unspecified atom stereocenters. The summed E-state index contributed by atoms with van der Waals surface area (Å²) in [4.78, 5) is 12.8. The molecule has 0 aliphatic carbocycles. The molecule has 168 valence electrons. The molecule has 1 amide bonds. The molecule has 0 spiro atoms. The molecule has 0 bridgehead atoms. The third-order valence-corrected chi connectivity index (χ3v) is 4.73. The Bertz CT molecular complexity index is 1200. The number of rotatable bonds is 8. The van der Waals surface area contributed by atoms with Crippen LogP contribution < -0.4 is 24.8 Å². The summed E-state index contributed by atoms with van der Waals surface area (Å²) in [7, 11) is 4.51. The van der Waals surface area contributed by atoms with Crippen molar-refractivity contribution in [2.45, 2.75) is 0 Å². The van der Waals surface area contributed by atoms with Crippen LogP contribution in [0.15, 0.2) is 67.0 Å². The van der Waals surface area contributed by atoms with Crippen molar-refractivity contribution in [2.75, 3.05) is 32.0 Å². The van der Waals surface area contributed by atoms with Crippen molar-refractivity contribution in [3.05, 3.63) is 72.6 Å². The molecule has 2 aromatic heterocycles. The van der Waals surface area contributed by atoms with Gasteiger partial charge in [-0.05, 0) is 54.6 Å². The third-order valence-electron chi connectivity index (χ3n) is 4.73. The molecule has 4 rings (SSSR count). The van der Waals surface area contributed by atoms with Gasteiger partial charge in [0.05, 0.1) is 21.3 Å². The summed E-state index contributed by atoms with van der Waals surface area (Å²) in [6, 6.07) is 15.8. The predicted molar refractivity (Wildman–Crippen MR) is 123 cm³/mol.